The van der Waals surface area contributed by atoms with Gasteiger partial charge >= 0.3 is 0 Å². The number of nitrogens with zero attached hydrogens (tertiary/aromatic N) is 7. The largest absolute Gasteiger partial charge is 0.312 e. The molecule has 0 atom stereocenters. The van der Waals surface area contributed by atoms with E-state index in [2.05, 4.69) is 37.6 Å². The number of tetrazole rings is 1. The molecular weight excluding hydrogens is 399 g/mol. The van der Waals surface area contributed by atoms with Crippen molar-refractivity contribution < 1.29 is 0 Å². The van der Waals surface area contributed by atoms with Crippen LogP contribution in [0.4, 0.5) is 0 Å². The Hall–Kier alpha value is -2.71. The number of unbranched alkanes of at least 4 members (excludes halogenated alkanes) is 1. The zero-order chi connectivity index (χ0) is 19.5. The average molecular weight is 417 g/mol. The maximum Gasteiger partial charge on any atom is 0.222 e. The summed E-state index contributed by atoms with van der Waals surface area (Å²) in [6.45, 7) is 2.70. The normalized spacial score (nSPS) is 11.2. The van der Waals surface area contributed by atoms with E-state index in [9.17, 15) is 0 Å². The van der Waals surface area contributed by atoms with E-state index in [0.717, 1.165) is 36.3 Å². The lowest BCUT2D eigenvalue weighted by Crippen LogP contribution is -2.03. The van der Waals surface area contributed by atoms with Crippen molar-refractivity contribution in [3.8, 4) is 17.2 Å². The summed E-state index contributed by atoms with van der Waals surface area (Å²) in [6, 6.07) is 9.84. The molecule has 28 heavy (non-hydrogen) atoms. The van der Waals surface area contributed by atoms with E-state index in [-0.39, 0.29) is 0 Å². The zero-order valence-electron chi connectivity index (χ0n) is 15.2. The average Bonchev–Trinajstić information content (AvgIpc) is 3.42. The first-order valence-electron chi connectivity index (χ1n) is 8.95. The van der Waals surface area contributed by atoms with Crippen LogP contribution < -0.4 is 0 Å². The lowest BCUT2D eigenvalue weighted by atomic mass is 10.2. The van der Waals surface area contributed by atoms with Crippen molar-refractivity contribution in [1.29, 1.82) is 0 Å². The fourth-order valence-electron chi connectivity index (χ4n) is 2.94. The molecule has 0 amide bonds. The van der Waals surface area contributed by atoms with Crippen molar-refractivity contribution in [1.82, 2.24) is 40.0 Å². The predicted molar refractivity (Wildman–Crippen MR) is 107 cm³/mol. The molecule has 0 fully saturated rings. The topological polar surface area (TPSA) is 90.1 Å². The lowest BCUT2D eigenvalue weighted by Gasteiger charge is -2.09. The van der Waals surface area contributed by atoms with E-state index in [1.165, 1.54) is 0 Å². The second-order valence-corrected chi connectivity index (χ2v) is 7.09. The van der Waals surface area contributed by atoms with Crippen molar-refractivity contribution in [2.45, 2.75) is 32.7 Å². The Morgan fingerprint density at radius 2 is 1.93 bits per heavy atom. The SMILES string of the molecule is CCCCc1nc(Cl)n(Cc2ccc(-n3ccc(Cl)c3-c3nn[nH]n3)cc2)n1. The highest BCUT2D eigenvalue weighted by Gasteiger charge is 2.15. The van der Waals surface area contributed by atoms with E-state index in [1.54, 1.807) is 10.7 Å². The summed E-state index contributed by atoms with van der Waals surface area (Å²) < 4.78 is 3.64. The third-order valence-corrected chi connectivity index (χ3v) is 4.95. The van der Waals surface area contributed by atoms with Crippen LogP contribution >= 0.6 is 23.2 Å². The van der Waals surface area contributed by atoms with Crippen LogP contribution in [0.1, 0.15) is 31.2 Å². The standard InChI is InChI=1S/C18H18Cl2N8/c1-2-3-4-15-21-18(20)28(24-15)11-12-5-7-13(8-6-12)27-10-9-14(19)16(27)17-22-25-26-23-17/h5-10H,2-4,11H2,1H3,(H,22,23,25,26). The Balaban J connectivity index is 1.55. The van der Waals surface area contributed by atoms with Crippen molar-refractivity contribution in [2.75, 3.05) is 0 Å². The van der Waals surface area contributed by atoms with Gasteiger partial charge in [-0.2, -0.15) is 10.3 Å². The minimum absolute atomic E-state index is 0.409. The first-order chi connectivity index (χ1) is 13.7. The van der Waals surface area contributed by atoms with Gasteiger partial charge in [0.05, 0.1) is 11.6 Å². The second kappa shape index (κ2) is 8.12. The molecule has 1 aromatic carbocycles. The Morgan fingerprint density at radius 1 is 1.11 bits per heavy atom. The summed E-state index contributed by atoms with van der Waals surface area (Å²) in [7, 11) is 0. The van der Waals surface area contributed by atoms with Crippen LogP contribution in [0.5, 0.6) is 0 Å². The van der Waals surface area contributed by atoms with Crippen LogP contribution in [0.2, 0.25) is 10.3 Å². The van der Waals surface area contributed by atoms with Crippen LogP contribution in [0.15, 0.2) is 36.5 Å². The molecule has 0 bridgehead atoms. The van der Waals surface area contributed by atoms with Crippen LogP contribution in [-0.4, -0.2) is 40.0 Å². The summed E-state index contributed by atoms with van der Waals surface area (Å²) in [5, 5.41) is 19.6. The molecule has 0 saturated heterocycles. The summed E-state index contributed by atoms with van der Waals surface area (Å²) >= 11 is 12.5. The lowest BCUT2D eigenvalue weighted by molar-refractivity contribution is 0.661. The Labute approximate surface area is 171 Å². The van der Waals surface area contributed by atoms with Gasteiger partial charge in [-0.25, -0.2) is 9.67 Å². The van der Waals surface area contributed by atoms with Gasteiger partial charge in [0.25, 0.3) is 0 Å². The Morgan fingerprint density at radius 3 is 2.64 bits per heavy atom. The molecule has 10 heteroatoms. The zero-order valence-corrected chi connectivity index (χ0v) is 16.7. The molecule has 0 radical (unpaired) electrons. The smallest absolute Gasteiger partial charge is 0.222 e. The molecule has 0 aliphatic rings. The van der Waals surface area contributed by atoms with E-state index in [1.807, 2.05) is 35.0 Å². The number of aromatic amines is 1. The monoisotopic (exact) mass is 416 g/mol. The Bertz CT molecular complexity index is 1050. The van der Waals surface area contributed by atoms with E-state index >= 15 is 0 Å². The molecule has 8 nitrogen and oxygen atoms in total. The molecule has 1 N–H and O–H groups in total. The maximum absolute atomic E-state index is 6.31. The first-order valence-corrected chi connectivity index (χ1v) is 9.70. The molecule has 4 rings (SSSR count). The highest BCUT2D eigenvalue weighted by molar-refractivity contribution is 6.33. The third kappa shape index (κ3) is 3.79. The summed E-state index contributed by atoms with van der Waals surface area (Å²) in [5.74, 6) is 1.23. The quantitative estimate of drug-likeness (QED) is 0.492. The van der Waals surface area contributed by atoms with Gasteiger partial charge in [0.15, 0.2) is 5.82 Å². The van der Waals surface area contributed by atoms with Crippen LogP contribution in [-0.2, 0) is 13.0 Å². The van der Waals surface area contributed by atoms with Gasteiger partial charge in [-0.05, 0) is 47.0 Å². The minimum atomic E-state index is 0.409. The molecule has 3 heterocycles. The molecule has 0 spiro atoms. The first kappa shape index (κ1) is 18.6. The number of nitrogens with one attached hydrogen (secondary N) is 1. The third-order valence-electron chi connectivity index (χ3n) is 4.37. The summed E-state index contributed by atoms with van der Waals surface area (Å²) in [4.78, 5) is 4.33. The number of hydrogen-bond donors (Lipinski definition) is 1. The number of aryl methyl sites for hydroxylation is 1. The minimum Gasteiger partial charge on any atom is -0.312 e. The molecular formula is C18H18Cl2N8. The molecule has 4 aromatic rings. The van der Waals surface area contributed by atoms with Crippen molar-refractivity contribution in [3.63, 3.8) is 0 Å². The summed E-state index contributed by atoms with van der Waals surface area (Å²) in [5.41, 5.74) is 2.68. The number of halogens is 2. The summed E-state index contributed by atoms with van der Waals surface area (Å²) in [6.07, 6.45) is 4.87. The van der Waals surface area contributed by atoms with E-state index < -0.39 is 0 Å². The predicted octanol–water partition coefficient (Wildman–Crippen LogP) is 3.95. The van der Waals surface area contributed by atoms with Crippen LogP contribution in [0.3, 0.4) is 0 Å². The number of rotatable bonds is 7. The van der Waals surface area contributed by atoms with Gasteiger partial charge in [0.1, 0.15) is 5.69 Å². The van der Waals surface area contributed by atoms with E-state index in [0.29, 0.717) is 28.4 Å². The van der Waals surface area contributed by atoms with Crippen LogP contribution in [0.25, 0.3) is 17.2 Å². The Kier molecular flexibility index (Phi) is 5.40. The number of benzene rings is 1. The molecule has 0 saturated carbocycles. The molecule has 3 aromatic heterocycles. The van der Waals surface area contributed by atoms with Gasteiger partial charge in [0, 0.05) is 18.3 Å². The molecule has 0 unspecified atom stereocenters. The van der Waals surface area contributed by atoms with E-state index in [4.69, 9.17) is 23.2 Å². The van der Waals surface area contributed by atoms with Crippen molar-refractivity contribution in [3.05, 3.63) is 58.2 Å². The maximum atomic E-state index is 6.31. The number of H-pyrrole nitrogens is 1. The van der Waals surface area contributed by atoms with Gasteiger partial charge in [0.2, 0.25) is 11.1 Å². The van der Waals surface area contributed by atoms with Crippen molar-refractivity contribution >= 4 is 23.2 Å². The van der Waals surface area contributed by atoms with Gasteiger partial charge in [-0.3, -0.25) is 0 Å². The van der Waals surface area contributed by atoms with Crippen molar-refractivity contribution in [2.24, 2.45) is 0 Å². The molecule has 0 aliphatic carbocycles. The van der Waals surface area contributed by atoms with Gasteiger partial charge in [-0.15, -0.1) is 10.2 Å². The van der Waals surface area contributed by atoms with Crippen LogP contribution in [0, 0.1) is 0 Å². The fourth-order valence-corrected chi connectivity index (χ4v) is 3.37. The molecule has 0 aliphatic heterocycles. The second-order valence-electron chi connectivity index (χ2n) is 6.34. The highest BCUT2D eigenvalue weighted by atomic mass is 35.5. The fraction of sp³-hybridized carbons (Fsp3) is 0.278. The number of hydrogen-bond acceptors (Lipinski definition) is 5. The highest BCUT2D eigenvalue weighted by Crippen LogP contribution is 2.29. The van der Waals surface area contributed by atoms with Gasteiger partial charge in [-0.1, -0.05) is 37.1 Å². The number of aromatic nitrogens is 8. The molecule has 144 valence electrons. The van der Waals surface area contributed by atoms with Gasteiger partial charge < -0.3 is 4.57 Å².